The molecule has 1 saturated heterocycles. The molecule has 0 bridgehead atoms. The molecule has 1 N–H and O–H groups in total. The minimum atomic E-state index is -0.895. The number of carbonyl (C=O) groups is 2. The third-order valence-electron chi connectivity index (χ3n) is 4.68. The molecule has 4 rings (SSSR count). The number of halogens is 2. The van der Waals surface area contributed by atoms with Gasteiger partial charge in [-0.15, -0.1) is 0 Å². The highest BCUT2D eigenvalue weighted by atomic mass is 79.9. The molecule has 0 aliphatic carbocycles. The van der Waals surface area contributed by atoms with Crippen molar-refractivity contribution in [3.63, 3.8) is 0 Å². The number of Topliss-reactive ketones (excluding diaryl/α,β-unsaturated/α-hetero) is 1. The molecule has 1 unspecified atom stereocenters. The molecule has 0 saturated carbocycles. The second-order valence-corrected chi connectivity index (χ2v) is 7.96. The predicted molar refractivity (Wildman–Crippen MR) is 114 cm³/mol. The third kappa shape index (κ3) is 3.50. The number of hydrogen-bond donors (Lipinski definition) is 1. The first kappa shape index (κ1) is 19.5. The summed E-state index contributed by atoms with van der Waals surface area (Å²) in [5.41, 5.74) is 0.859. The first-order valence-electron chi connectivity index (χ1n) is 8.75. The highest BCUT2D eigenvalue weighted by Gasteiger charge is 2.48. The maximum Gasteiger partial charge on any atom is 0.300 e. The van der Waals surface area contributed by atoms with Gasteiger partial charge >= 0.3 is 0 Å². The minimum absolute atomic E-state index is 0.0355. The molecule has 146 valence electrons. The largest absolute Gasteiger partial charge is 0.507 e. The highest BCUT2D eigenvalue weighted by molar-refractivity contribution is 9.10. The Kier molecular flexibility index (Phi) is 5.06. The van der Waals surface area contributed by atoms with Gasteiger partial charge in [0.25, 0.3) is 11.7 Å². The van der Waals surface area contributed by atoms with Gasteiger partial charge in [-0.2, -0.15) is 0 Å². The zero-order valence-corrected chi connectivity index (χ0v) is 17.6. The van der Waals surface area contributed by atoms with Crippen molar-refractivity contribution >= 4 is 50.7 Å². The number of furan rings is 1. The average molecular weight is 473 g/mol. The van der Waals surface area contributed by atoms with Gasteiger partial charge in [-0.05, 0) is 61.5 Å². The summed E-state index contributed by atoms with van der Waals surface area (Å²) in [6, 6.07) is 16.0. The van der Waals surface area contributed by atoms with E-state index >= 15 is 0 Å². The zero-order chi connectivity index (χ0) is 20.7. The van der Waals surface area contributed by atoms with E-state index in [2.05, 4.69) is 15.9 Å². The summed E-state index contributed by atoms with van der Waals surface area (Å²) >= 11 is 9.32. The molecule has 1 fully saturated rings. The lowest BCUT2D eigenvalue weighted by Gasteiger charge is -2.23. The number of anilines is 1. The van der Waals surface area contributed by atoms with E-state index in [0.717, 1.165) is 4.47 Å². The minimum Gasteiger partial charge on any atom is -0.507 e. The fourth-order valence-electron chi connectivity index (χ4n) is 3.36. The van der Waals surface area contributed by atoms with Crippen LogP contribution in [0, 0.1) is 6.92 Å². The average Bonchev–Trinajstić information content (AvgIpc) is 3.23. The summed E-state index contributed by atoms with van der Waals surface area (Å²) in [6.07, 6.45) is 0. The monoisotopic (exact) mass is 471 g/mol. The van der Waals surface area contributed by atoms with Crippen molar-refractivity contribution in [2.75, 3.05) is 4.90 Å². The van der Waals surface area contributed by atoms with E-state index in [0.29, 0.717) is 27.8 Å². The van der Waals surface area contributed by atoms with Gasteiger partial charge < -0.3 is 9.52 Å². The zero-order valence-electron chi connectivity index (χ0n) is 15.2. The Bertz CT molecular complexity index is 1150. The van der Waals surface area contributed by atoms with Crippen LogP contribution in [0.5, 0.6) is 0 Å². The first-order valence-corrected chi connectivity index (χ1v) is 9.93. The topological polar surface area (TPSA) is 70.8 Å². The van der Waals surface area contributed by atoms with Crippen LogP contribution in [-0.2, 0) is 9.59 Å². The van der Waals surface area contributed by atoms with Gasteiger partial charge in [0.15, 0.2) is 0 Å². The second-order valence-electron chi connectivity index (χ2n) is 6.60. The Morgan fingerprint density at radius 1 is 1.10 bits per heavy atom. The lowest BCUT2D eigenvalue weighted by atomic mass is 9.99. The van der Waals surface area contributed by atoms with Gasteiger partial charge in [0.05, 0.1) is 5.57 Å². The van der Waals surface area contributed by atoms with E-state index < -0.39 is 17.7 Å². The van der Waals surface area contributed by atoms with Gasteiger partial charge in [0.2, 0.25) is 0 Å². The van der Waals surface area contributed by atoms with Crippen molar-refractivity contribution in [2.45, 2.75) is 13.0 Å². The molecule has 1 aliphatic heterocycles. The molecule has 2 heterocycles. The number of amides is 1. The van der Waals surface area contributed by atoms with Crippen molar-refractivity contribution in [3.05, 3.63) is 92.8 Å². The second kappa shape index (κ2) is 7.54. The maximum absolute atomic E-state index is 13.0. The van der Waals surface area contributed by atoms with Gasteiger partial charge in [-0.1, -0.05) is 33.6 Å². The Morgan fingerprint density at radius 3 is 2.45 bits per heavy atom. The lowest BCUT2D eigenvalue weighted by molar-refractivity contribution is -0.132. The predicted octanol–water partition coefficient (Wildman–Crippen LogP) is 5.63. The summed E-state index contributed by atoms with van der Waals surface area (Å²) in [5, 5.41) is 11.4. The number of nitrogens with zero attached hydrogens (tertiary/aromatic N) is 1. The molecule has 0 spiro atoms. The van der Waals surface area contributed by atoms with Crippen LogP contribution < -0.4 is 4.90 Å². The van der Waals surface area contributed by atoms with Gasteiger partial charge in [0.1, 0.15) is 23.3 Å². The number of aliphatic hydroxyl groups is 1. The standard InChI is InChI=1S/C22H15BrClNO4/c1-12-5-10-17(29-12)19-18(20(26)13-6-8-15(24)9-7-13)21(27)22(28)25(19)16-4-2-3-14(23)11-16/h2-11,19,26H,1H3/b20-18-. The smallest absolute Gasteiger partial charge is 0.300 e. The van der Waals surface area contributed by atoms with Crippen LogP contribution >= 0.6 is 27.5 Å². The van der Waals surface area contributed by atoms with Crippen molar-refractivity contribution in [2.24, 2.45) is 0 Å². The number of ketones is 1. The normalized spacial score (nSPS) is 18.4. The van der Waals surface area contributed by atoms with E-state index in [9.17, 15) is 14.7 Å². The van der Waals surface area contributed by atoms with Crippen molar-refractivity contribution in [1.82, 2.24) is 0 Å². The molecule has 1 amide bonds. The van der Waals surface area contributed by atoms with Crippen LogP contribution in [0.3, 0.4) is 0 Å². The molecule has 7 heteroatoms. The van der Waals surface area contributed by atoms with E-state index in [1.54, 1.807) is 61.5 Å². The number of benzene rings is 2. The van der Waals surface area contributed by atoms with Crippen LogP contribution in [0.25, 0.3) is 5.76 Å². The van der Waals surface area contributed by atoms with E-state index in [1.807, 2.05) is 6.07 Å². The lowest BCUT2D eigenvalue weighted by Crippen LogP contribution is -2.29. The number of carbonyl (C=O) groups excluding carboxylic acids is 2. The van der Waals surface area contributed by atoms with Crippen LogP contribution in [0.1, 0.15) is 23.1 Å². The fraction of sp³-hybridized carbons (Fsp3) is 0.0909. The highest BCUT2D eigenvalue weighted by Crippen LogP contribution is 2.43. The number of aryl methyl sites for hydroxylation is 1. The Hall–Kier alpha value is -2.83. The molecule has 29 heavy (non-hydrogen) atoms. The SMILES string of the molecule is Cc1ccc(C2/C(=C(/O)c3ccc(Cl)cc3)C(=O)C(=O)N2c2cccc(Br)c2)o1. The quantitative estimate of drug-likeness (QED) is 0.305. The molecule has 0 radical (unpaired) electrons. The number of hydrogen-bond acceptors (Lipinski definition) is 4. The van der Waals surface area contributed by atoms with Crippen LogP contribution in [-0.4, -0.2) is 16.8 Å². The number of aliphatic hydroxyl groups excluding tert-OH is 1. The summed E-state index contributed by atoms with van der Waals surface area (Å²) in [7, 11) is 0. The van der Waals surface area contributed by atoms with Crippen molar-refractivity contribution in [1.29, 1.82) is 0 Å². The van der Waals surface area contributed by atoms with Crippen molar-refractivity contribution < 1.29 is 19.1 Å². The third-order valence-corrected chi connectivity index (χ3v) is 5.42. The first-order chi connectivity index (χ1) is 13.9. The Balaban J connectivity index is 1.94. The molecule has 1 aliphatic rings. The Labute approximate surface area is 180 Å². The molecular weight excluding hydrogens is 458 g/mol. The van der Waals surface area contributed by atoms with E-state index in [-0.39, 0.29) is 11.3 Å². The van der Waals surface area contributed by atoms with Crippen LogP contribution in [0.2, 0.25) is 5.02 Å². The Morgan fingerprint density at radius 2 is 1.83 bits per heavy atom. The van der Waals surface area contributed by atoms with Gasteiger partial charge in [0, 0.05) is 20.7 Å². The summed E-state index contributed by atoms with van der Waals surface area (Å²) < 4.78 is 6.51. The van der Waals surface area contributed by atoms with Crippen LogP contribution in [0.15, 0.2) is 75.1 Å². The molecular formula is C22H15BrClNO4. The van der Waals surface area contributed by atoms with E-state index in [1.165, 1.54) is 4.90 Å². The summed E-state index contributed by atoms with van der Waals surface area (Å²) in [4.78, 5) is 27.3. The molecule has 1 aromatic heterocycles. The van der Waals surface area contributed by atoms with Gasteiger partial charge in [-0.3, -0.25) is 14.5 Å². The van der Waals surface area contributed by atoms with E-state index in [4.69, 9.17) is 16.0 Å². The van der Waals surface area contributed by atoms with Gasteiger partial charge in [-0.25, -0.2) is 0 Å². The molecule has 3 aromatic rings. The fourth-order valence-corrected chi connectivity index (χ4v) is 3.87. The molecule has 2 aromatic carbocycles. The maximum atomic E-state index is 13.0. The van der Waals surface area contributed by atoms with Crippen LogP contribution in [0.4, 0.5) is 5.69 Å². The summed E-state index contributed by atoms with van der Waals surface area (Å²) in [6.45, 7) is 1.77. The molecule has 5 nitrogen and oxygen atoms in total. The molecule has 1 atom stereocenters. The summed E-state index contributed by atoms with van der Waals surface area (Å²) in [5.74, 6) is -0.783. The van der Waals surface area contributed by atoms with Crippen molar-refractivity contribution in [3.8, 4) is 0 Å². The number of rotatable bonds is 3.